The lowest BCUT2D eigenvalue weighted by molar-refractivity contribution is 0.100. The first-order chi connectivity index (χ1) is 22.1. The van der Waals surface area contributed by atoms with Gasteiger partial charge in [-0.15, -0.1) is 4.91 Å². The van der Waals surface area contributed by atoms with Crippen molar-refractivity contribution < 1.29 is 9.53 Å². The van der Waals surface area contributed by atoms with Crippen LogP contribution in [0.4, 0.5) is 5.69 Å². The molecule has 0 N–H and O–H groups in total. The van der Waals surface area contributed by atoms with Crippen LogP contribution in [0.5, 0.6) is 5.75 Å². The highest BCUT2D eigenvalue weighted by molar-refractivity contribution is 5.96. The SMILES string of the molecule is CC.C\C=C/C=C\C=C\COc1ccc(CN(Cc2ccccc2)c2cc(C(=O)N=O)ccc2CC(CCC)CCCC)cc1. The summed E-state index contributed by atoms with van der Waals surface area (Å²) in [4.78, 5) is 25.9. The molecule has 0 aliphatic carbocycles. The van der Waals surface area contributed by atoms with Crippen molar-refractivity contribution in [1.29, 1.82) is 0 Å². The zero-order chi connectivity index (χ0) is 32.7. The molecule has 240 valence electrons. The third kappa shape index (κ3) is 13.5. The number of allylic oxidation sites excluding steroid dienone is 5. The number of amides is 1. The third-order valence-corrected chi connectivity index (χ3v) is 7.45. The molecule has 0 saturated heterocycles. The van der Waals surface area contributed by atoms with Crippen molar-refractivity contribution in [3.63, 3.8) is 0 Å². The van der Waals surface area contributed by atoms with Crippen molar-refractivity contribution in [3.05, 3.63) is 136 Å². The molecule has 0 bridgehead atoms. The molecule has 3 aromatic rings. The number of rotatable bonds is 18. The topological polar surface area (TPSA) is 59.0 Å². The van der Waals surface area contributed by atoms with Gasteiger partial charge in [0.2, 0.25) is 0 Å². The number of hydrogen-bond donors (Lipinski definition) is 0. The highest BCUT2D eigenvalue weighted by Gasteiger charge is 2.19. The van der Waals surface area contributed by atoms with Gasteiger partial charge in [-0.05, 0) is 66.3 Å². The number of nitroso groups, excluding NO2 is 1. The standard InChI is InChI=1S/C38H46N2O3.C2H6/c1-4-7-9-10-11-15-26-43-36-24-20-33(21-25-36)30-40(29-32-18-13-12-14-19-32)37-28-35(38(41)39-42)23-22-34(37)27-31(16-6-3)17-8-5-2;1-2/h4,7,9-15,18-25,28,31H,5-6,8,16-17,26-27,29-30H2,1-3H3;1-2H3/b7-4-,10-9-,15-11+;. The minimum atomic E-state index is -0.739. The molecule has 0 heterocycles. The van der Waals surface area contributed by atoms with Crippen molar-refractivity contribution in [2.75, 3.05) is 11.5 Å². The lowest BCUT2D eigenvalue weighted by Gasteiger charge is -2.29. The molecule has 45 heavy (non-hydrogen) atoms. The summed E-state index contributed by atoms with van der Waals surface area (Å²) in [6, 6.07) is 24.2. The van der Waals surface area contributed by atoms with Gasteiger partial charge in [0.1, 0.15) is 12.4 Å². The molecule has 3 aromatic carbocycles. The Morgan fingerprint density at radius 3 is 2.18 bits per heavy atom. The van der Waals surface area contributed by atoms with Crippen LogP contribution in [0.25, 0.3) is 0 Å². The fraction of sp³-hybridized carbons (Fsp3) is 0.375. The van der Waals surface area contributed by atoms with Crippen molar-refractivity contribution in [2.45, 2.75) is 86.2 Å². The molecule has 1 unspecified atom stereocenters. The van der Waals surface area contributed by atoms with Crippen LogP contribution in [-0.2, 0) is 19.5 Å². The van der Waals surface area contributed by atoms with Crippen LogP contribution in [0.2, 0.25) is 0 Å². The first-order valence-electron chi connectivity index (χ1n) is 16.5. The van der Waals surface area contributed by atoms with E-state index in [1.54, 1.807) is 6.07 Å². The Bertz CT molecular complexity index is 1340. The summed E-state index contributed by atoms with van der Waals surface area (Å²) in [6.07, 6.45) is 18.7. The summed E-state index contributed by atoms with van der Waals surface area (Å²) in [5.74, 6) is 0.637. The van der Waals surface area contributed by atoms with Crippen LogP contribution in [0.3, 0.4) is 0 Å². The molecule has 0 aliphatic heterocycles. The number of carbonyl (C=O) groups is 1. The Morgan fingerprint density at radius 1 is 0.844 bits per heavy atom. The van der Waals surface area contributed by atoms with E-state index in [1.165, 1.54) is 30.4 Å². The minimum Gasteiger partial charge on any atom is -0.490 e. The van der Waals surface area contributed by atoms with Gasteiger partial charge >= 0.3 is 5.91 Å². The average Bonchev–Trinajstić information content (AvgIpc) is 3.08. The van der Waals surface area contributed by atoms with E-state index in [0.717, 1.165) is 36.3 Å². The first kappa shape index (κ1) is 36.9. The lowest BCUT2D eigenvalue weighted by Crippen LogP contribution is -2.24. The maximum atomic E-state index is 12.4. The smallest absolute Gasteiger partial charge is 0.316 e. The average molecular weight is 609 g/mol. The van der Waals surface area contributed by atoms with Gasteiger partial charge in [-0.2, -0.15) is 0 Å². The van der Waals surface area contributed by atoms with Crippen LogP contribution in [0, 0.1) is 10.8 Å². The van der Waals surface area contributed by atoms with Gasteiger partial charge in [0.15, 0.2) is 0 Å². The number of ether oxygens (including phenoxy) is 1. The van der Waals surface area contributed by atoms with E-state index < -0.39 is 5.91 Å². The predicted molar refractivity (Wildman–Crippen MR) is 191 cm³/mol. The van der Waals surface area contributed by atoms with Gasteiger partial charge in [0.05, 0.1) is 0 Å². The van der Waals surface area contributed by atoms with Crippen LogP contribution in [-0.4, -0.2) is 12.5 Å². The normalized spacial score (nSPS) is 11.8. The van der Waals surface area contributed by atoms with Crippen molar-refractivity contribution in [1.82, 2.24) is 0 Å². The fourth-order valence-corrected chi connectivity index (χ4v) is 5.24. The van der Waals surface area contributed by atoms with Gasteiger partial charge in [0, 0.05) is 29.5 Å². The van der Waals surface area contributed by atoms with E-state index in [-0.39, 0.29) is 0 Å². The third-order valence-electron chi connectivity index (χ3n) is 7.45. The second-order valence-corrected chi connectivity index (χ2v) is 10.9. The maximum absolute atomic E-state index is 12.4. The summed E-state index contributed by atoms with van der Waals surface area (Å²) < 4.78 is 5.90. The summed E-state index contributed by atoms with van der Waals surface area (Å²) >= 11 is 0. The Hall–Kier alpha value is -4.25. The van der Waals surface area contributed by atoms with E-state index in [4.69, 9.17) is 4.74 Å². The zero-order valence-corrected chi connectivity index (χ0v) is 28.0. The molecule has 1 atom stereocenters. The van der Waals surface area contributed by atoms with E-state index in [9.17, 15) is 9.70 Å². The lowest BCUT2D eigenvalue weighted by atomic mass is 9.89. The number of anilines is 1. The molecule has 0 saturated carbocycles. The number of hydrogen-bond acceptors (Lipinski definition) is 4. The molecular formula is C40H52N2O3. The summed E-state index contributed by atoms with van der Waals surface area (Å²) in [5, 5.41) is 2.71. The van der Waals surface area contributed by atoms with Crippen molar-refractivity contribution in [3.8, 4) is 5.75 Å². The van der Waals surface area contributed by atoms with Crippen LogP contribution >= 0.6 is 0 Å². The summed E-state index contributed by atoms with van der Waals surface area (Å²) in [6.45, 7) is 12.3. The highest BCUT2D eigenvalue weighted by atomic mass is 16.5. The quantitative estimate of drug-likeness (QED) is 0.106. The molecular weight excluding hydrogens is 556 g/mol. The number of benzene rings is 3. The van der Waals surface area contributed by atoms with Crippen molar-refractivity contribution in [2.24, 2.45) is 11.1 Å². The van der Waals surface area contributed by atoms with Crippen LogP contribution in [0.1, 0.15) is 93.8 Å². The van der Waals surface area contributed by atoms with E-state index in [0.29, 0.717) is 31.2 Å². The molecule has 3 rings (SSSR count). The molecule has 5 nitrogen and oxygen atoms in total. The van der Waals surface area contributed by atoms with Gasteiger partial charge in [-0.3, -0.25) is 4.79 Å². The Kier molecular flexibility index (Phi) is 18.3. The Morgan fingerprint density at radius 2 is 1.53 bits per heavy atom. The maximum Gasteiger partial charge on any atom is 0.316 e. The summed E-state index contributed by atoms with van der Waals surface area (Å²) in [7, 11) is 0. The predicted octanol–water partition coefficient (Wildman–Crippen LogP) is 11.0. The zero-order valence-electron chi connectivity index (χ0n) is 28.0. The Balaban J connectivity index is 0.00000345. The van der Waals surface area contributed by atoms with E-state index >= 15 is 0 Å². The number of unbranched alkanes of at least 4 members (excludes halogenated alkanes) is 1. The first-order valence-corrected chi connectivity index (χ1v) is 16.5. The largest absolute Gasteiger partial charge is 0.490 e. The second-order valence-electron chi connectivity index (χ2n) is 10.9. The van der Waals surface area contributed by atoms with E-state index in [2.05, 4.69) is 48.2 Å². The molecule has 0 aromatic heterocycles. The second kappa shape index (κ2) is 22.3. The molecule has 0 fully saturated rings. The minimum absolute atomic E-state index is 0.324. The highest BCUT2D eigenvalue weighted by Crippen LogP contribution is 2.31. The molecule has 1 amide bonds. The van der Waals surface area contributed by atoms with Gasteiger partial charge in [-0.25, -0.2) is 0 Å². The van der Waals surface area contributed by atoms with Gasteiger partial charge < -0.3 is 9.64 Å². The molecule has 0 aliphatic rings. The number of carbonyl (C=O) groups excluding carboxylic acids is 1. The van der Waals surface area contributed by atoms with Crippen LogP contribution < -0.4 is 9.64 Å². The van der Waals surface area contributed by atoms with E-state index in [1.807, 2.05) is 99.7 Å². The number of nitrogens with zero attached hydrogens (tertiary/aromatic N) is 2. The monoisotopic (exact) mass is 608 g/mol. The Labute approximate surface area is 271 Å². The van der Waals surface area contributed by atoms with Gasteiger partial charge in [0.25, 0.3) is 0 Å². The molecule has 0 radical (unpaired) electrons. The molecule has 5 heteroatoms. The fourth-order valence-electron chi connectivity index (χ4n) is 5.24. The summed E-state index contributed by atoms with van der Waals surface area (Å²) in [5.41, 5.74) is 4.80. The molecule has 0 spiro atoms. The van der Waals surface area contributed by atoms with Crippen LogP contribution in [0.15, 0.2) is 114 Å². The van der Waals surface area contributed by atoms with Gasteiger partial charge in [-0.1, -0.05) is 139 Å². The van der Waals surface area contributed by atoms with Crippen molar-refractivity contribution >= 4 is 11.6 Å².